The van der Waals surface area contributed by atoms with E-state index in [2.05, 4.69) is 0 Å². The van der Waals surface area contributed by atoms with Gasteiger partial charge in [0.1, 0.15) is 159 Å². The molecule has 0 saturated carbocycles. The predicted molar refractivity (Wildman–Crippen MR) is 229 cm³/mol. The summed E-state index contributed by atoms with van der Waals surface area (Å²) in [6.07, 6.45) is -65.0. The van der Waals surface area contributed by atoms with Crippen molar-refractivity contribution in [2.45, 2.75) is 229 Å². The quantitative estimate of drug-likeness (QED) is 0.0643. The molecule has 0 radical (unpaired) electrons. The van der Waals surface area contributed by atoms with Crippen LogP contribution >= 0.6 is 0 Å². The summed E-state index contributed by atoms with van der Waals surface area (Å²) in [6.45, 7) is -1.96. The van der Waals surface area contributed by atoms with Gasteiger partial charge in [0.15, 0.2) is 44.0 Å². The molecule has 7 saturated heterocycles. The molecule has 0 spiro atoms. The Morgan fingerprint density at radius 2 is 0.618 bits per heavy atom. The number of rotatable bonds is 17. The lowest BCUT2D eigenvalue weighted by Crippen LogP contribution is -2.68. The zero-order chi connectivity index (χ0) is 55.9. The number of ether oxygens (including phenoxy) is 13. The molecule has 0 aromatic rings. The van der Waals surface area contributed by atoms with Gasteiger partial charge in [-0.25, -0.2) is 0 Å². The van der Waals surface area contributed by atoms with E-state index in [4.69, 9.17) is 61.6 Å². The number of aliphatic hydroxyl groups is 21. The third-order valence-electron chi connectivity index (χ3n) is 14.4. The largest absolute Gasteiger partial charge is 0.394 e. The number of hydrogen-bond acceptors (Lipinski definition) is 34. The fourth-order valence-corrected chi connectivity index (χ4v) is 9.74. The summed E-state index contributed by atoms with van der Waals surface area (Å²) in [6, 6.07) is 0. The third kappa shape index (κ3) is 12.7. The van der Waals surface area contributed by atoms with Crippen molar-refractivity contribution in [3.05, 3.63) is 0 Å². The van der Waals surface area contributed by atoms with Crippen LogP contribution in [0, 0.1) is 0 Å². The maximum absolute atomic E-state index is 11.6. The van der Waals surface area contributed by atoms with Crippen LogP contribution in [0.25, 0.3) is 0 Å². The van der Waals surface area contributed by atoms with E-state index in [1.807, 2.05) is 0 Å². The molecule has 0 aromatic heterocycles. The van der Waals surface area contributed by atoms with Gasteiger partial charge in [-0.1, -0.05) is 0 Å². The smallest absolute Gasteiger partial charge is 0.187 e. The van der Waals surface area contributed by atoms with E-state index in [1.165, 1.54) is 13.8 Å². The second-order valence-corrected chi connectivity index (χ2v) is 19.6. The van der Waals surface area contributed by atoms with E-state index in [9.17, 15) is 107 Å². The third-order valence-corrected chi connectivity index (χ3v) is 14.4. The molecule has 7 heterocycles. The van der Waals surface area contributed by atoms with Crippen LogP contribution in [0.3, 0.4) is 0 Å². The Morgan fingerprint density at radius 1 is 0.263 bits per heavy atom. The van der Waals surface area contributed by atoms with Gasteiger partial charge in [-0.15, -0.1) is 0 Å². The molecular formula is C42H72O34. The fraction of sp³-hybridized carbons (Fsp3) is 1.00. The standard InChI is InChI=1S/C42H72O34/c1-8-15(47)21(53)26(58)38(65-8)73-32-16(48)9(2)66-40(29(32)61)74-33-20(52)12(5-45)69-41(30(33)62)76-35-24(56)18(50)11(4-44)70-42(35)75-34-23(55)19(51)14(67-36(34)63)7-64-37-28(60)25(57)31(13(6-46)71-37)72-39-27(59)22(54)17(49)10(3-43)68-39/h8-63H,3-7H2,1-2H3/t8-,9-,10+,11+,12+,13+,14+,15-,16-,17+,18+,19+,20+,21+,22-,23-,24-,25+,26+,27+,28+,29+,30-,31-,32+,33-,34-,35-,36+,37+,38?,39-,40?,41-,42-/m0/s1. The molecule has 35 atom stereocenters. The summed E-state index contributed by atoms with van der Waals surface area (Å²) >= 11 is 0. The van der Waals surface area contributed by atoms with Gasteiger partial charge in [0.05, 0.1) is 45.2 Å². The van der Waals surface area contributed by atoms with Gasteiger partial charge in [0.2, 0.25) is 0 Å². The van der Waals surface area contributed by atoms with Crippen LogP contribution < -0.4 is 0 Å². The lowest BCUT2D eigenvalue weighted by molar-refractivity contribution is -0.402. The summed E-state index contributed by atoms with van der Waals surface area (Å²) in [4.78, 5) is 0. The topological polar surface area (TPSA) is 545 Å². The summed E-state index contributed by atoms with van der Waals surface area (Å²) in [5.41, 5.74) is 0. The van der Waals surface area contributed by atoms with Crippen LogP contribution in [0.1, 0.15) is 13.8 Å². The molecule has 0 aromatic carbocycles. The monoisotopic (exact) mass is 1120 g/mol. The first-order valence-electron chi connectivity index (χ1n) is 24.4. The molecule has 21 N–H and O–H groups in total. The molecule has 2 unspecified atom stereocenters. The van der Waals surface area contributed by atoms with Crippen molar-refractivity contribution in [1.29, 1.82) is 0 Å². The van der Waals surface area contributed by atoms with Gasteiger partial charge in [0.25, 0.3) is 0 Å². The van der Waals surface area contributed by atoms with Crippen LogP contribution in [0.15, 0.2) is 0 Å². The van der Waals surface area contributed by atoms with Crippen LogP contribution in [-0.4, -0.2) is 355 Å². The highest BCUT2D eigenvalue weighted by Gasteiger charge is 2.58. The molecule has 0 amide bonds. The Kier molecular flexibility index (Phi) is 21.5. The molecule has 0 bridgehead atoms. The molecule has 76 heavy (non-hydrogen) atoms. The molecule has 34 heteroatoms. The minimum absolute atomic E-state index is 0.827. The first-order valence-corrected chi connectivity index (χ1v) is 24.4. The Balaban J connectivity index is 0.999. The highest BCUT2D eigenvalue weighted by molar-refractivity contribution is 5.00. The van der Waals surface area contributed by atoms with Crippen LogP contribution in [0.5, 0.6) is 0 Å². The minimum Gasteiger partial charge on any atom is -0.394 e. The van der Waals surface area contributed by atoms with E-state index in [1.54, 1.807) is 0 Å². The lowest BCUT2D eigenvalue weighted by atomic mass is 9.95. The summed E-state index contributed by atoms with van der Waals surface area (Å²) in [5.74, 6) is 0. The van der Waals surface area contributed by atoms with Crippen LogP contribution in [0.2, 0.25) is 0 Å². The van der Waals surface area contributed by atoms with E-state index < -0.39 is 248 Å². The average molecular weight is 1120 g/mol. The second-order valence-electron chi connectivity index (χ2n) is 19.6. The second kappa shape index (κ2) is 26.3. The highest BCUT2D eigenvalue weighted by atomic mass is 16.8. The fourth-order valence-electron chi connectivity index (χ4n) is 9.74. The van der Waals surface area contributed by atoms with E-state index in [0.29, 0.717) is 0 Å². The number of aliphatic hydroxyl groups excluding tert-OH is 21. The predicted octanol–water partition coefficient (Wildman–Crippen LogP) is -14.2. The Bertz CT molecular complexity index is 1780. The summed E-state index contributed by atoms with van der Waals surface area (Å²) in [5, 5.41) is 224. The Morgan fingerprint density at radius 3 is 1.18 bits per heavy atom. The average Bonchev–Trinajstić information content (AvgIpc) is 3.40. The molecule has 34 nitrogen and oxygen atoms in total. The maximum Gasteiger partial charge on any atom is 0.187 e. The minimum atomic E-state index is -2.26. The lowest BCUT2D eigenvalue weighted by Gasteiger charge is -2.49. The maximum atomic E-state index is 11.6. The number of hydrogen-bond donors (Lipinski definition) is 21. The van der Waals surface area contributed by atoms with Gasteiger partial charge < -0.3 is 169 Å². The van der Waals surface area contributed by atoms with Crippen LogP contribution in [0.4, 0.5) is 0 Å². The molecule has 444 valence electrons. The van der Waals surface area contributed by atoms with E-state index in [-0.39, 0.29) is 0 Å². The van der Waals surface area contributed by atoms with Gasteiger partial charge in [-0.2, -0.15) is 0 Å². The van der Waals surface area contributed by atoms with Crippen molar-refractivity contribution in [2.75, 3.05) is 33.0 Å². The first kappa shape index (κ1) is 62.2. The molecule has 7 fully saturated rings. The van der Waals surface area contributed by atoms with Gasteiger partial charge in [-0.05, 0) is 13.8 Å². The SMILES string of the molecule is C[C@@H]1OC(O[C@@H]2[C@@H](O)[C@H](C)OC(O[C@@H]3[C@H](O)[C@H](O[C@@H]4[C@H](O[C@H]5[C@@H](O)[C@H](O)[C@@H](CO[C@@H]6O[C@H](CO)[C@H](O[C@@H]7O[C@H](CO)[C@@H](O)[C@H](O)[C@H]7O)[C@H](O)[C@H]6O)O[C@H]5O)O[C@H](CO)[C@@H](O)[C@@H]4O)O[C@H](CO)[C@H]3O)[C@@H]2O)[C@H](O)[C@H](O)[C@H]1O. The zero-order valence-electron chi connectivity index (χ0n) is 40.4. The van der Waals surface area contributed by atoms with Crippen molar-refractivity contribution in [3.8, 4) is 0 Å². The van der Waals surface area contributed by atoms with Crippen molar-refractivity contribution in [1.82, 2.24) is 0 Å². The molecule has 7 aliphatic rings. The first-order chi connectivity index (χ1) is 35.9. The molecule has 7 aliphatic heterocycles. The summed E-state index contributed by atoms with van der Waals surface area (Å²) < 4.78 is 72.6. The van der Waals surface area contributed by atoms with Gasteiger partial charge in [0, 0.05) is 0 Å². The van der Waals surface area contributed by atoms with Crippen molar-refractivity contribution in [3.63, 3.8) is 0 Å². The van der Waals surface area contributed by atoms with E-state index >= 15 is 0 Å². The normalized spacial score (nSPS) is 54.6. The van der Waals surface area contributed by atoms with E-state index in [0.717, 1.165) is 0 Å². The molecular weight excluding hydrogens is 1050 g/mol. The highest BCUT2D eigenvalue weighted by Crippen LogP contribution is 2.37. The Hall–Kier alpha value is -1.36. The Labute approximate surface area is 430 Å². The van der Waals surface area contributed by atoms with Crippen molar-refractivity contribution in [2.24, 2.45) is 0 Å². The van der Waals surface area contributed by atoms with Gasteiger partial charge >= 0.3 is 0 Å². The van der Waals surface area contributed by atoms with Crippen LogP contribution in [-0.2, 0) is 61.6 Å². The van der Waals surface area contributed by atoms with Crippen molar-refractivity contribution < 1.29 is 169 Å². The van der Waals surface area contributed by atoms with Crippen molar-refractivity contribution >= 4 is 0 Å². The molecule has 7 rings (SSSR count). The zero-order valence-corrected chi connectivity index (χ0v) is 40.4. The molecule has 0 aliphatic carbocycles. The van der Waals surface area contributed by atoms with Gasteiger partial charge in [-0.3, -0.25) is 0 Å². The summed E-state index contributed by atoms with van der Waals surface area (Å²) in [7, 11) is 0.